The number of H-pyrrole nitrogens is 1. The van der Waals surface area contributed by atoms with Gasteiger partial charge in [0.1, 0.15) is 6.20 Å². The summed E-state index contributed by atoms with van der Waals surface area (Å²) < 4.78 is 1.48. The number of aromatic nitrogens is 6. The lowest BCUT2D eigenvalue weighted by Gasteiger charge is -2.02. The minimum Gasteiger partial charge on any atom is -0.358 e. The average Bonchev–Trinajstić information content (AvgIpc) is 3.05. The highest BCUT2D eigenvalue weighted by Gasteiger charge is 2.10. The quantitative estimate of drug-likeness (QED) is 0.504. The molecule has 0 spiro atoms. The van der Waals surface area contributed by atoms with Gasteiger partial charge in [0.05, 0.1) is 6.54 Å². The number of aromatic amines is 1. The van der Waals surface area contributed by atoms with E-state index in [-0.39, 0.29) is 24.7 Å². The van der Waals surface area contributed by atoms with Crippen molar-refractivity contribution in [2.75, 3.05) is 0 Å². The molecule has 0 aromatic carbocycles. The van der Waals surface area contributed by atoms with Crippen molar-refractivity contribution in [2.24, 2.45) is 0 Å². The van der Waals surface area contributed by atoms with E-state index < -0.39 is 4.92 Å². The van der Waals surface area contributed by atoms with Crippen LogP contribution in [0.5, 0.6) is 0 Å². The predicted molar refractivity (Wildman–Crippen MR) is 59.5 cm³/mol. The maximum absolute atomic E-state index is 11.5. The second-order valence-electron chi connectivity index (χ2n) is 3.58. The van der Waals surface area contributed by atoms with Crippen LogP contribution in [0, 0.1) is 10.1 Å². The molecule has 2 aromatic rings. The molecule has 0 bridgehead atoms. The van der Waals surface area contributed by atoms with Crippen LogP contribution in [0.3, 0.4) is 0 Å². The van der Waals surface area contributed by atoms with E-state index in [2.05, 4.69) is 30.9 Å². The molecule has 0 aliphatic heterocycles. The van der Waals surface area contributed by atoms with Gasteiger partial charge < -0.3 is 20.0 Å². The van der Waals surface area contributed by atoms with Crippen LogP contribution >= 0.6 is 0 Å². The van der Waals surface area contributed by atoms with Crippen molar-refractivity contribution in [1.82, 2.24) is 35.5 Å². The molecule has 11 nitrogen and oxygen atoms in total. The second-order valence-corrected chi connectivity index (χ2v) is 3.58. The lowest BCUT2D eigenvalue weighted by Crippen LogP contribution is -2.24. The van der Waals surface area contributed by atoms with E-state index in [1.165, 1.54) is 17.1 Å². The Kier molecular flexibility index (Phi) is 3.75. The molecule has 2 N–H and O–H groups in total. The minimum absolute atomic E-state index is 0.172. The fourth-order valence-corrected chi connectivity index (χ4v) is 1.32. The topological polar surface area (TPSA) is 145 Å². The van der Waals surface area contributed by atoms with Crippen LogP contribution < -0.4 is 5.32 Å². The summed E-state index contributed by atoms with van der Waals surface area (Å²) >= 11 is 0. The maximum atomic E-state index is 11.5. The molecule has 0 saturated carbocycles. The Morgan fingerprint density at radius 2 is 2.42 bits per heavy atom. The smallest absolute Gasteiger partial charge is 0.358 e. The number of tetrazole rings is 1. The Morgan fingerprint density at radius 3 is 3.05 bits per heavy atom. The van der Waals surface area contributed by atoms with E-state index >= 15 is 0 Å². The number of rotatable bonds is 6. The lowest BCUT2D eigenvalue weighted by atomic mass is 10.4. The van der Waals surface area contributed by atoms with Crippen molar-refractivity contribution in [2.45, 2.75) is 19.5 Å². The molecule has 2 heterocycles. The van der Waals surface area contributed by atoms with Crippen LogP contribution in [-0.2, 0) is 17.9 Å². The van der Waals surface area contributed by atoms with Gasteiger partial charge in [-0.25, -0.2) is 0 Å². The van der Waals surface area contributed by atoms with Gasteiger partial charge in [0.2, 0.25) is 12.2 Å². The van der Waals surface area contributed by atoms with E-state index in [9.17, 15) is 14.9 Å². The van der Waals surface area contributed by atoms with Gasteiger partial charge in [-0.2, -0.15) is 5.21 Å². The first-order valence-corrected chi connectivity index (χ1v) is 5.30. The summed E-state index contributed by atoms with van der Waals surface area (Å²) in [5.74, 6) is -0.0834. The number of carbonyl (C=O) groups is 1. The third-order valence-corrected chi connectivity index (χ3v) is 2.24. The van der Waals surface area contributed by atoms with Gasteiger partial charge in [0.25, 0.3) is 0 Å². The van der Waals surface area contributed by atoms with Gasteiger partial charge in [0, 0.05) is 13.0 Å². The molecule has 0 saturated heterocycles. The minimum atomic E-state index is -0.590. The van der Waals surface area contributed by atoms with Crippen LogP contribution in [0.15, 0.2) is 12.5 Å². The van der Waals surface area contributed by atoms with Crippen molar-refractivity contribution in [3.05, 3.63) is 28.5 Å². The molecule has 0 aliphatic carbocycles. The Labute approximate surface area is 106 Å². The summed E-state index contributed by atoms with van der Waals surface area (Å²) in [6, 6.07) is 0. The molecule has 2 aromatic heterocycles. The summed E-state index contributed by atoms with van der Waals surface area (Å²) in [5.41, 5.74) is 0. The first-order valence-electron chi connectivity index (χ1n) is 5.30. The standard InChI is InChI=1S/C8H10N8O3/c17-8(9-3-6-11-13-14-12-6)1-2-15-4-7(10-5-15)16(18)19/h4-5H,1-3H2,(H,9,17)(H,11,12,13,14). The highest BCUT2D eigenvalue weighted by molar-refractivity contribution is 5.75. The van der Waals surface area contributed by atoms with Gasteiger partial charge >= 0.3 is 5.82 Å². The number of hydrogen-bond donors (Lipinski definition) is 2. The first kappa shape index (κ1) is 12.6. The summed E-state index contributed by atoms with van der Waals surface area (Å²) in [4.78, 5) is 24.9. The molecule has 0 fully saturated rings. The molecule has 0 radical (unpaired) electrons. The Hall–Kier alpha value is -2.85. The zero-order valence-electron chi connectivity index (χ0n) is 9.68. The molecule has 19 heavy (non-hydrogen) atoms. The van der Waals surface area contributed by atoms with Gasteiger partial charge in [-0.05, 0) is 9.91 Å². The van der Waals surface area contributed by atoms with Crippen LogP contribution in [-0.4, -0.2) is 41.0 Å². The van der Waals surface area contributed by atoms with Crippen LogP contribution in [0.4, 0.5) is 5.82 Å². The van der Waals surface area contributed by atoms with Crippen LogP contribution in [0.25, 0.3) is 0 Å². The van der Waals surface area contributed by atoms with E-state index in [0.717, 1.165) is 0 Å². The first-order chi connectivity index (χ1) is 9.15. The molecule has 2 rings (SSSR count). The molecule has 0 atom stereocenters. The number of hydrogen-bond acceptors (Lipinski definition) is 7. The SMILES string of the molecule is O=C(CCn1cnc([N+](=O)[O-])c1)NCc1nn[nH]n1. The number of imidazole rings is 1. The monoisotopic (exact) mass is 266 g/mol. The van der Waals surface area contributed by atoms with E-state index in [1.54, 1.807) is 0 Å². The van der Waals surface area contributed by atoms with E-state index in [4.69, 9.17) is 0 Å². The number of carbonyl (C=O) groups excluding carboxylic acids is 1. The number of amides is 1. The molecular formula is C8H10N8O3. The fraction of sp³-hybridized carbons (Fsp3) is 0.375. The Balaban J connectivity index is 1.75. The highest BCUT2D eigenvalue weighted by Crippen LogP contribution is 2.05. The fourth-order valence-electron chi connectivity index (χ4n) is 1.32. The van der Waals surface area contributed by atoms with Crippen LogP contribution in [0.1, 0.15) is 12.2 Å². The molecular weight excluding hydrogens is 256 g/mol. The van der Waals surface area contributed by atoms with Gasteiger partial charge in [-0.3, -0.25) is 4.79 Å². The molecule has 11 heteroatoms. The van der Waals surface area contributed by atoms with E-state index in [0.29, 0.717) is 12.4 Å². The van der Waals surface area contributed by atoms with E-state index in [1.807, 2.05) is 0 Å². The normalized spacial score (nSPS) is 10.3. The molecule has 100 valence electrons. The predicted octanol–water partition coefficient (Wildman–Crippen LogP) is -0.989. The zero-order chi connectivity index (χ0) is 13.7. The molecule has 0 aliphatic rings. The van der Waals surface area contributed by atoms with Gasteiger partial charge in [-0.15, -0.1) is 10.2 Å². The van der Waals surface area contributed by atoms with Gasteiger partial charge in [0.15, 0.2) is 5.82 Å². The summed E-state index contributed by atoms with van der Waals surface area (Å²) in [6.45, 7) is 0.484. The van der Waals surface area contributed by atoms with Crippen molar-refractivity contribution in [3.8, 4) is 0 Å². The second kappa shape index (κ2) is 5.66. The van der Waals surface area contributed by atoms with Crippen molar-refractivity contribution in [1.29, 1.82) is 0 Å². The van der Waals surface area contributed by atoms with Crippen LogP contribution in [0.2, 0.25) is 0 Å². The number of nitro groups is 1. The van der Waals surface area contributed by atoms with Crippen molar-refractivity contribution >= 4 is 11.7 Å². The molecule has 0 unspecified atom stereocenters. The van der Waals surface area contributed by atoms with Gasteiger partial charge in [-0.1, -0.05) is 5.21 Å². The summed E-state index contributed by atoms with van der Waals surface area (Å²) in [7, 11) is 0. The Morgan fingerprint density at radius 1 is 1.58 bits per heavy atom. The Bertz CT molecular complexity index is 562. The number of nitrogens with one attached hydrogen (secondary N) is 2. The zero-order valence-corrected chi connectivity index (χ0v) is 9.68. The highest BCUT2D eigenvalue weighted by atomic mass is 16.6. The number of nitrogens with zero attached hydrogens (tertiary/aromatic N) is 6. The molecule has 1 amide bonds. The number of aryl methyl sites for hydroxylation is 1. The third-order valence-electron chi connectivity index (χ3n) is 2.24. The summed E-state index contributed by atoms with van der Waals surface area (Å²) in [6.07, 6.45) is 2.75. The average molecular weight is 266 g/mol. The van der Waals surface area contributed by atoms with Crippen molar-refractivity contribution < 1.29 is 9.72 Å². The largest absolute Gasteiger partial charge is 0.381 e. The lowest BCUT2D eigenvalue weighted by molar-refractivity contribution is -0.389. The summed E-state index contributed by atoms with van der Waals surface area (Å²) in [5, 5.41) is 26.0. The third kappa shape index (κ3) is 3.55. The van der Waals surface area contributed by atoms with Crippen molar-refractivity contribution in [3.63, 3.8) is 0 Å². The maximum Gasteiger partial charge on any atom is 0.381 e.